The average Bonchev–Trinajstić information content (AvgIpc) is 3.15. The monoisotopic (exact) mass is 880 g/mol. The Morgan fingerprint density at radius 1 is 0.250 bits per heavy atom. The number of carbonyl (C=O) groups excluding carboxylic acids is 8. The Hall–Kier alpha value is -7.36. The van der Waals surface area contributed by atoms with Gasteiger partial charge in [0.1, 0.15) is 46.0 Å². The number of esters is 8. The summed E-state index contributed by atoms with van der Waals surface area (Å²) >= 11 is 0. The van der Waals surface area contributed by atoms with E-state index < -0.39 is 71.4 Å². The van der Waals surface area contributed by atoms with Crippen LogP contribution in [0.3, 0.4) is 0 Å². The zero-order chi connectivity index (χ0) is 47.5. The normalized spacial score (nSPS) is 16.3. The standard InChI is InChI=1S/C48H48O16/c1-21-33-13-35(43(59-27(7)51)17-41(33)57-25(5)49)22(2)37-15-39(47(63-31(11)55)19-45(37)61-29(9)53)24(4)40-16-38(46(62-30(10)54)20-48(40)64-32(12)56)23(3)36-14-34(21)42(58-26(6)50)18-44(36)60-28(8)52/h13-24H,1-12H3. The second-order valence-corrected chi connectivity index (χ2v) is 15.3. The van der Waals surface area contributed by atoms with Gasteiger partial charge in [0.2, 0.25) is 0 Å². The van der Waals surface area contributed by atoms with Crippen LogP contribution in [0.15, 0.2) is 48.5 Å². The second kappa shape index (κ2) is 19.4. The summed E-state index contributed by atoms with van der Waals surface area (Å²) < 4.78 is 46.0. The predicted molar refractivity (Wildman–Crippen MR) is 226 cm³/mol. The summed E-state index contributed by atoms with van der Waals surface area (Å²) in [6.07, 6.45) is 0. The largest absolute Gasteiger partial charge is 0.426 e. The first-order valence-electron chi connectivity index (χ1n) is 20.1. The molecule has 5 rings (SSSR count). The highest BCUT2D eigenvalue weighted by Crippen LogP contribution is 2.51. The molecule has 64 heavy (non-hydrogen) atoms. The van der Waals surface area contributed by atoms with Gasteiger partial charge in [-0.2, -0.15) is 0 Å². The van der Waals surface area contributed by atoms with Gasteiger partial charge in [0.05, 0.1) is 0 Å². The molecule has 0 radical (unpaired) electrons. The number of rotatable bonds is 8. The maximum Gasteiger partial charge on any atom is 0.308 e. The Morgan fingerprint density at radius 2 is 0.359 bits per heavy atom. The summed E-state index contributed by atoms with van der Waals surface area (Å²) in [5.74, 6) is -9.27. The molecule has 0 saturated carbocycles. The van der Waals surface area contributed by atoms with E-state index in [1.165, 1.54) is 79.7 Å². The summed E-state index contributed by atoms with van der Waals surface area (Å²) in [6, 6.07) is 12.0. The first-order valence-corrected chi connectivity index (χ1v) is 20.1. The zero-order valence-corrected chi connectivity index (χ0v) is 37.5. The van der Waals surface area contributed by atoms with E-state index in [1.54, 1.807) is 52.0 Å². The van der Waals surface area contributed by atoms with E-state index in [1.807, 2.05) is 0 Å². The molecular weight excluding hydrogens is 833 g/mol. The molecule has 0 aromatic heterocycles. The molecule has 0 atom stereocenters. The molecule has 1 aliphatic carbocycles. The SMILES string of the molecule is CC(=O)Oc1cc(OC(C)=O)c2cc1C(C)c1cc(c(OC(C)=O)cc1OC(C)=O)C(C)c1cc(c(OC(C)=O)cc1OC(C)=O)C(C)c1cc(c(OC(C)=O)cc1OC(C)=O)C2C. The molecule has 16 nitrogen and oxygen atoms in total. The fourth-order valence-electron chi connectivity index (χ4n) is 7.71. The number of carbonyl (C=O) groups is 8. The average molecular weight is 881 g/mol. The molecule has 4 aromatic carbocycles. The van der Waals surface area contributed by atoms with Crippen LogP contribution in [0.5, 0.6) is 46.0 Å². The lowest BCUT2D eigenvalue weighted by Gasteiger charge is -2.28. The van der Waals surface area contributed by atoms with Crippen molar-refractivity contribution in [3.05, 3.63) is 93.0 Å². The van der Waals surface area contributed by atoms with Crippen LogP contribution < -0.4 is 37.9 Å². The van der Waals surface area contributed by atoms with Gasteiger partial charge in [0.15, 0.2) is 0 Å². The van der Waals surface area contributed by atoms with Gasteiger partial charge in [0.25, 0.3) is 0 Å². The molecule has 0 N–H and O–H groups in total. The molecule has 0 unspecified atom stereocenters. The summed E-state index contributed by atoms with van der Waals surface area (Å²) in [4.78, 5) is 101. The third-order valence-corrected chi connectivity index (χ3v) is 10.3. The summed E-state index contributed by atoms with van der Waals surface area (Å²) in [6.45, 7) is 16.5. The number of benzene rings is 4. The molecule has 336 valence electrons. The predicted octanol–water partition coefficient (Wildman–Crippen LogP) is 8.01. The third-order valence-electron chi connectivity index (χ3n) is 10.3. The van der Waals surface area contributed by atoms with Crippen LogP contribution in [-0.4, -0.2) is 47.8 Å². The first-order chi connectivity index (χ1) is 29.9. The van der Waals surface area contributed by atoms with E-state index in [0.717, 1.165) is 0 Å². The Kier molecular flexibility index (Phi) is 14.4. The molecule has 0 amide bonds. The highest BCUT2D eigenvalue weighted by Gasteiger charge is 2.33. The highest BCUT2D eigenvalue weighted by atomic mass is 16.6. The molecular formula is C48H48O16. The van der Waals surface area contributed by atoms with Crippen molar-refractivity contribution in [1.82, 2.24) is 0 Å². The van der Waals surface area contributed by atoms with Crippen LogP contribution in [0.4, 0.5) is 0 Å². The van der Waals surface area contributed by atoms with Gasteiger partial charge in [0, 0.05) is 148 Å². The Morgan fingerprint density at radius 3 is 0.453 bits per heavy atom. The van der Waals surface area contributed by atoms with Gasteiger partial charge in [-0.1, -0.05) is 27.7 Å². The van der Waals surface area contributed by atoms with E-state index in [-0.39, 0.29) is 46.0 Å². The number of ether oxygens (including phenoxy) is 8. The van der Waals surface area contributed by atoms with E-state index >= 15 is 0 Å². The Balaban J connectivity index is 2.08. The fourth-order valence-corrected chi connectivity index (χ4v) is 7.71. The minimum Gasteiger partial charge on any atom is -0.426 e. The van der Waals surface area contributed by atoms with Crippen molar-refractivity contribution < 1.29 is 76.3 Å². The van der Waals surface area contributed by atoms with Crippen molar-refractivity contribution >= 4 is 47.8 Å². The van der Waals surface area contributed by atoms with E-state index in [4.69, 9.17) is 37.9 Å². The minimum absolute atomic E-state index is 0.0247. The van der Waals surface area contributed by atoms with Crippen molar-refractivity contribution in [2.75, 3.05) is 0 Å². The van der Waals surface area contributed by atoms with E-state index in [0.29, 0.717) is 44.5 Å². The van der Waals surface area contributed by atoms with Crippen LogP contribution in [-0.2, 0) is 38.4 Å². The van der Waals surface area contributed by atoms with Crippen LogP contribution >= 0.6 is 0 Å². The van der Waals surface area contributed by atoms with Gasteiger partial charge in [-0.05, 0) is 24.3 Å². The van der Waals surface area contributed by atoms with Crippen LogP contribution in [0.1, 0.15) is 151 Å². The van der Waals surface area contributed by atoms with Gasteiger partial charge in [-0.25, -0.2) is 0 Å². The van der Waals surface area contributed by atoms with Gasteiger partial charge < -0.3 is 37.9 Å². The summed E-state index contributed by atoms with van der Waals surface area (Å²) in [5.41, 5.74) is 2.67. The van der Waals surface area contributed by atoms with Gasteiger partial charge in [-0.3, -0.25) is 38.4 Å². The maximum absolute atomic E-state index is 12.7. The number of hydrogen-bond donors (Lipinski definition) is 0. The zero-order valence-electron chi connectivity index (χ0n) is 37.5. The molecule has 16 heteroatoms. The van der Waals surface area contributed by atoms with Gasteiger partial charge >= 0.3 is 47.8 Å². The summed E-state index contributed by atoms with van der Waals surface area (Å²) in [5, 5.41) is 0. The summed E-state index contributed by atoms with van der Waals surface area (Å²) in [7, 11) is 0. The molecule has 8 bridgehead atoms. The molecule has 0 saturated heterocycles. The van der Waals surface area contributed by atoms with Crippen LogP contribution in [0, 0.1) is 0 Å². The van der Waals surface area contributed by atoms with E-state index in [9.17, 15) is 38.4 Å². The van der Waals surface area contributed by atoms with Crippen LogP contribution in [0.25, 0.3) is 0 Å². The lowest BCUT2D eigenvalue weighted by molar-refractivity contribution is -0.133. The first kappa shape index (κ1) is 47.7. The Bertz CT molecular complexity index is 2110. The topological polar surface area (TPSA) is 210 Å². The molecule has 0 aliphatic heterocycles. The molecule has 4 aromatic rings. The van der Waals surface area contributed by atoms with Crippen molar-refractivity contribution in [1.29, 1.82) is 0 Å². The van der Waals surface area contributed by atoms with Crippen molar-refractivity contribution in [3.63, 3.8) is 0 Å². The van der Waals surface area contributed by atoms with E-state index in [2.05, 4.69) is 0 Å². The molecule has 1 aliphatic rings. The third kappa shape index (κ3) is 10.8. The number of fused-ring (bicyclic) bond motifs is 8. The van der Waals surface area contributed by atoms with Crippen molar-refractivity contribution in [3.8, 4) is 46.0 Å². The molecule has 0 fully saturated rings. The lowest BCUT2D eigenvalue weighted by atomic mass is 9.80. The Labute approximate surface area is 369 Å². The van der Waals surface area contributed by atoms with Crippen molar-refractivity contribution in [2.24, 2.45) is 0 Å². The number of hydrogen-bond acceptors (Lipinski definition) is 16. The smallest absolute Gasteiger partial charge is 0.308 e. The maximum atomic E-state index is 12.7. The highest BCUT2D eigenvalue weighted by molar-refractivity contribution is 5.78. The van der Waals surface area contributed by atoms with Crippen LogP contribution in [0.2, 0.25) is 0 Å². The molecule has 0 heterocycles. The fraction of sp³-hybridized carbons (Fsp3) is 0.333. The second-order valence-electron chi connectivity index (χ2n) is 15.3. The van der Waals surface area contributed by atoms with Gasteiger partial charge in [-0.15, -0.1) is 0 Å². The minimum atomic E-state index is -0.837. The lowest BCUT2D eigenvalue weighted by Crippen LogP contribution is -2.16. The molecule has 0 spiro atoms. The quantitative estimate of drug-likeness (QED) is 0.121. The van der Waals surface area contributed by atoms with Crippen molar-refractivity contribution in [2.45, 2.75) is 107 Å².